The second-order valence-corrected chi connectivity index (χ2v) is 3.13. The molecule has 0 spiro atoms. The van der Waals surface area contributed by atoms with E-state index in [0.717, 1.165) is 13.0 Å². The molecule has 0 atom stereocenters. The van der Waals surface area contributed by atoms with Crippen LogP contribution in [0.15, 0.2) is 49.1 Å². The predicted octanol–water partition coefficient (Wildman–Crippen LogP) is 4.26. The Bertz CT molecular complexity index is 211. The number of unbranched alkanes of at least 4 members (excludes halogenated alkanes) is 1. The SMILES string of the molecule is C=C/C=C\C=C(/C=C)CCCCNC.CC. The van der Waals surface area contributed by atoms with E-state index in [9.17, 15) is 0 Å². The summed E-state index contributed by atoms with van der Waals surface area (Å²) in [5.74, 6) is 0. The van der Waals surface area contributed by atoms with Crippen LogP contribution in [-0.2, 0) is 0 Å². The summed E-state index contributed by atoms with van der Waals surface area (Å²) < 4.78 is 0. The first-order chi connectivity index (χ1) is 7.85. The minimum absolute atomic E-state index is 1.09. The van der Waals surface area contributed by atoms with Crippen molar-refractivity contribution in [3.05, 3.63) is 49.1 Å². The minimum atomic E-state index is 1.09. The molecule has 0 aliphatic carbocycles. The molecule has 16 heavy (non-hydrogen) atoms. The van der Waals surface area contributed by atoms with E-state index in [0.29, 0.717) is 0 Å². The highest BCUT2D eigenvalue weighted by atomic mass is 14.8. The first-order valence-electron chi connectivity index (χ1n) is 6.10. The van der Waals surface area contributed by atoms with Crippen LogP contribution in [0.3, 0.4) is 0 Å². The molecule has 1 nitrogen and oxygen atoms in total. The molecule has 0 amide bonds. The molecule has 92 valence electrons. The molecule has 1 N–H and O–H groups in total. The fraction of sp³-hybridized carbons (Fsp3) is 0.467. The number of rotatable bonds is 8. The van der Waals surface area contributed by atoms with E-state index in [-0.39, 0.29) is 0 Å². The molecule has 0 fully saturated rings. The smallest absolute Gasteiger partial charge is 0.00518 e. The number of allylic oxidation sites excluding steroid dienone is 6. The Morgan fingerprint density at radius 3 is 2.31 bits per heavy atom. The second-order valence-electron chi connectivity index (χ2n) is 3.13. The van der Waals surface area contributed by atoms with Gasteiger partial charge in [-0.05, 0) is 38.4 Å². The summed E-state index contributed by atoms with van der Waals surface area (Å²) in [4.78, 5) is 0. The van der Waals surface area contributed by atoms with E-state index < -0.39 is 0 Å². The van der Waals surface area contributed by atoms with Gasteiger partial charge in [-0.15, -0.1) is 0 Å². The molecule has 0 heterocycles. The maximum Gasteiger partial charge on any atom is -0.00518 e. The Balaban J connectivity index is 0. The highest BCUT2D eigenvalue weighted by Gasteiger charge is 1.90. The first-order valence-corrected chi connectivity index (χ1v) is 6.10. The standard InChI is InChI=1S/C13H21N.C2H6/c1-4-6-7-10-13(5-2)11-8-9-12-14-3;1-2/h4-7,10,14H,1-2,8-9,11-12H2,3H3;1-2H3/b7-6-,13-10+;. The van der Waals surface area contributed by atoms with Crippen LogP contribution < -0.4 is 5.32 Å². The zero-order chi connectivity index (χ0) is 12.6. The molecular formula is C15H27N. The second kappa shape index (κ2) is 16.4. The van der Waals surface area contributed by atoms with Gasteiger partial charge in [0.05, 0.1) is 0 Å². The van der Waals surface area contributed by atoms with Gasteiger partial charge in [0.25, 0.3) is 0 Å². The summed E-state index contributed by atoms with van der Waals surface area (Å²) in [6, 6.07) is 0. The van der Waals surface area contributed by atoms with Gasteiger partial charge in [0.1, 0.15) is 0 Å². The van der Waals surface area contributed by atoms with Crippen molar-refractivity contribution in [3.63, 3.8) is 0 Å². The summed E-state index contributed by atoms with van der Waals surface area (Å²) in [6.45, 7) is 12.5. The summed E-state index contributed by atoms with van der Waals surface area (Å²) in [7, 11) is 1.98. The largest absolute Gasteiger partial charge is 0.320 e. The molecule has 0 aromatic heterocycles. The first kappa shape index (κ1) is 17.3. The summed E-state index contributed by atoms with van der Waals surface area (Å²) in [5, 5.41) is 3.14. The highest BCUT2D eigenvalue weighted by Crippen LogP contribution is 2.08. The number of hydrogen-bond acceptors (Lipinski definition) is 1. The summed E-state index contributed by atoms with van der Waals surface area (Å²) in [5.41, 5.74) is 1.29. The Labute approximate surface area is 102 Å². The van der Waals surface area contributed by atoms with Crippen LogP contribution in [-0.4, -0.2) is 13.6 Å². The van der Waals surface area contributed by atoms with Crippen LogP contribution in [0.2, 0.25) is 0 Å². The molecule has 0 saturated heterocycles. The molecule has 0 saturated carbocycles. The molecular weight excluding hydrogens is 194 g/mol. The van der Waals surface area contributed by atoms with Crippen molar-refractivity contribution in [1.82, 2.24) is 5.32 Å². The molecule has 0 bridgehead atoms. The number of hydrogen-bond donors (Lipinski definition) is 1. The zero-order valence-corrected chi connectivity index (χ0v) is 11.1. The highest BCUT2D eigenvalue weighted by molar-refractivity contribution is 5.23. The topological polar surface area (TPSA) is 12.0 Å². The van der Waals surface area contributed by atoms with Crippen molar-refractivity contribution in [3.8, 4) is 0 Å². The molecule has 0 aromatic carbocycles. The van der Waals surface area contributed by atoms with Gasteiger partial charge in [-0.25, -0.2) is 0 Å². The van der Waals surface area contributed by atoms with Crippen LogP contribution in [0.25, 0.3) is 0 Å². The average molecular weight is 221 g/mol. The van der Waals surface area contributed by atoms with Gasteiger partial charge in [-0.3, -0.25) is 0 Å². The lowest BCUT2D eigenvalue weighted by atomic mass is 10.1. The van der Waals surface area contributed by atoms with E-state index in [4.69, 9.17) is 0 Å². The van der Waals surface area contributed by atoms with E-state index in [1.807, 2.05) is 39.1 Å². The zero-order valence-electron chi connectivity index (χ0n) is 11.1. The van der Waals surface area contributed by atoms with Crippen LogP contribution in [0.5, 0.6) is 0 Å². The van der Waals surface area contributed by atoms with Crippen molar-refractivity contribution in [1.29, 1.82) is 0 Å². The average Bonchev–Trinajstić information content (AvgIpc) is 2.35. The summed E-state index contributed by atoms with van der Waals surface area (Å²) in [6.07, 6.45) is 13.2. The fourth-order valence-electron chi connectivity index (χ4n) is 1.14. The van der Waals surface area contributed by atoms with Crippen LogP contribution in [0, 0.1) is 0 Å². The van der Waals surface area contributed by atoms with Crippen LogP contribution in [0.4, 0.5) is 0 Å². The third-order valence-corrected chi connectivity index (χ3v) is 1.96. The maximum atomic E-state index is 3.80. The lowest BCUT2D eigenvalue weighted by Gasteiger charge is -2.00. The maximum absolute atomic E-state index is 3.80. The predicted molar refractivity (Wildman–Crippen MR) is 76.7 cm³/mol. The molecule has 0 rings (SSSR count). The van der Waals surface area contributed by atoms with E-state index in [1.165, 1.54) is 18.4 Å². The Hall–Kier alpha value is -1.08. The van der Waals surface area contributed by atoms with Gasteiger partial charge in [-0.2, -0.15) is 0 Å². The van der Waals surface area contributed by atoms with Gasteiger partial charge in [0.2, 0.25) is 0 Å². The van der Waals surface area contributed by atoms with E-state index in [2.05, 4.69) is 24.6 Å². The van der Waals surface area contributed by atoms with Crippen LogP contribution in [0.1, 0.15) is 33.1 Å². The van der Waals surface area contributed by atoms with Crippen molar-refractivity contribution in [2.45, 2.75) is 33.1 Å². The van der Waals surface area contributed by atoms with E-state index >= 15 is 0 Å². The molecule has 0 aromatic rings. The molecule has 0 aliphatic heterocycles. The fourth-order valence-corrected chi connectivity index (χ4v) is 1.14. The van der Waals surface area contributed by atoms with Gasteiger partial charge in [-0.1, -0.05) is 57.4 Å². The Morgan fingerprint density at radius 2 is 1.81 bits per heavy atom. The van der Waals surface area contributed by atoms with Crippen LogP contribution >= 0.6 is 0 Å². The van der Waals surface area contributed by atoms with Gasteiger partial charge >= 0.3 is 0 Å². The van der Waals surface area contributed by atoms with Crippen molar-refractivity contribution >= 4 is 0 Å². The lowest BCUT2D eigenvalue weighted by Crippen LogP contribution is -2.06. The third kappa shape index (κ3) is 12.9. The summed E-state index contributed by atoms with van der Waals surface area (Å²) >= 11 is 0. The van der Waals surface area contributed by atoms with Crippen molar-refractivity contribution in [2.24, 2.45) is 0 Å². The van der Waals surface area contributed by atoms with Gasteiger partial charge in [0, 0.05) is 0 Å². The molecule has 1 heteroatoms. The Morgan fingerprint density at radius 1 is 1.12 bits per heavy atom. The minimum Gasteiger partial charge on any atom is -0.320 e. The van der Waals surface area contributed by atoms with Crippen molar-refractivity contribution < 1.29 is 0 Å². The monoisotopic (exact) mass is 221 g/mol. The quantitative estimate of drug-likeness (QED) is 0.477. The normalized spacial score (nSPS) is 10.8. The Kier molecular flexibility index (Phi) is 17.7. The van der Waals surface area contributed by atoms with Gasteiger partial charge in [0.15, 0.2) is 0 Å². The molecule has 0 unspecified atom stereocenters. The molecule has 0 radical (unpaired) electrons. The van der Waals surface area contributed by atoms with E-state index in [1.54, 1.807) is 6.08 Å². The third-order valence-electron chi connectivity index (χ3n) is 1.96. The van der Waals surface area contributed by atoms with Gasteiger partial charge < -0.3 is 5.32 Å². The van der Waals surface area contributed by atoms with Crippen molar-refractivity contribution in [2.75, 3.05) is 13.6 Å². The molecule has 0 aliphatic rings. The number of nitrogens with one attached hydrogen (secondary N) is 1. The lowest BCUT2D eigenvalue weighted by molar-refractivity contribution is 0.678.